The Labute approximate surface area is 325 Å². The number of hydrogen-bond donors (Lipinski definition) is 0. The van der Waals surface area contributed by atoms with E-state index in [1.807, 2.05) is 53.7 Å². The third kappa shape index (κ3) is 18.0. The molecule has 0 atom stereocenters. The summed E-state index contributed by atoms with van der Waals surface area (Å²) in [6.07, 6.45) is 8.69. The van der Waals surface area contributed by atoms with Crippen LogP contribution in [0.5, 0.6) is 0 Å². The third-order valence-electron chi connectivity index (χ3n) is 9.53. The van der Waals surface area contributed by atoms with Crippen LogP contribution in [-0.4, -0.2) is 92.1 Å². The Bertz CT molecular complexity index is 1350. The van der Waals surface area contributed by atoms with E-state index in [-0.39, 0.29) is 24.2 Å². The highest BCUT2D eigenvalue weighted by Crippen LogP contribution is 2.18. The van der Waals surface area contributed by atoms with Crippen LogP contribution in [0.3, 0.4) is 0 Å². The van der Waals surface area contributed by atoms with E-state index in [4.69, 9.17) is 14.2 Å². The van der Waals surface area contributed by atoms with Crippen LogP contribution in [0.4, 0.5) is 14.4 Å². The summed E-state index contributed by atoms with van der Waals surface area (Å²) < 4.78 is 16.5. The number of hydrogen-bond acceptors (Lipinski definition) is 6. The Morgan fingerprint density at radius 2 is 0.759 bits per heavy atom. The number of aryl methyl sites for hydroxylation is 3. The molecule has 9 nitrogen and oxygen atoms in total. The monoisotopic (exact) mass is 743 g/mol. The summed E-state index contributed by atoms with van der Waals surface area (Å²) in [4.78, 5) is 45.1. The smallest absolute Gasteiger partial charge is 0.409 e. The van der Waals surface area contributed by atoms with Gasteiger partial charge in [0.2, 0.25) is 0 Å². The molecule has 0 bridgehead atoms. The zero-order valence-corrected chi connectivity index (χ0v) is 33.2. The molecule has 3 rings (SSSR count). The van der Waals surface area contributed by atoms with Crippen LogP contribution in [0.25, 0.3) is 0 Å². The molecule has 0 heterocycles. The lowest BCUT2D eigenvalue weighted by Crippen LogP contribution is -2.43. The van der Waals surface area contributed by atoms with Gasteiger partial charge in [-0.2, -0.15) is 0 Å². The fourth-order valence-corrected chi connectivity index (χ4v) is 6.72. The zero-order valence-electron chi connectivity index (χ0n) is 33.2. The van der Waals surface area contributed by atoms with E-state index in [9.17, 15) is 14.4 Å². The number of benzene rings is 3. The van der Waals surface area contributed by atoms with Crippen LogP contribution in [0.15, 0.2) is 91.0 Å². The lowest BCUT2D eigenvalue weighted by atomic mass is 10.0. The van der Waals surface area contributed by atoms with E-state index in [0.29, 0.717) is 71.9 Å². The molecule has 296 valence electrons. The second-order valence-corrected chi connectivity index (χ2v) is 13.8. The molecule has 0 aromatic heterocycles. The summed E-state index contributed by atoms with van der Waals surface area (Å²) in [7, 11) is 0. The molecule has 0 radical (unpaired) electrons. The summed E-state index contributed by atoms with van der Waals surface area (Å²) in [6, 6.07) is 31.2. The number of ether oxygens (including phenoxy) is 3. The predicted octanol–water partition coefficient (Wildman–Crippen LogP) is 9.83. The summed E-state index contributed by atoms with van der Waals surface area (Å²) in [6.45, 7) is 9.55. The first-order valence-electron chi connectivity index (χ1n) is 20.3. The molecule has 0 spiro atoms. The molecule has 0 aliphatic heterocycles. The quantitative estimate of drug-likeness (QED) is 0.0601. The van der Waals surface area contributed by atoms with Crippen molar-refractivity contribution in [3.63, 3.8) is 0 Å². The van der Waals surface area contributed by atoms with Gasteiger partial charge in [0.25, 0.3) is 0 Å². The Balaban J connectivity index is 1.70. The van der Waals surface area contributed by atoms with Crippen LogP contribution in [-0.2, 0) is 33.5 Å². The van der Waals surface area contributed by atoms with Gasteiger partial charge < -0.3 is 28.9 Å². The van der Waals surface area contributed by atoms with Crippen LogP contribution in [0.2, 0.25) is 0 Å². The molecule has 0 aliphatic carbocycles. The average Bonchev–Trinajstić information content (AvgIpc) is 3.19. The minimum absolute atomic E-state index is 0.0517. The summed E-state index contributed by atoms with van der Waals surface area (Å²) in [5, 5.41) is 0. The highest BCUT2D eigenvalue weighted by atomic mass is 16.6. The molecule has 0 saturated heterocycles. The first-order valence-corrected chi connectivity index (χ1v) is 20.3. The second-order valence-electron chi connectivity index (χ2n) is 13.8. The Morgan fingerprint density at radius 3 is 1.11 bits per heavy atom. The normalized spacial score (nSPS) is 10.9. The number of nitrogens with zero attached hydrogens (tertiary/aromatic N) is 3. The van der Waals surface area contributed by atoms with Crippen molar-refractivity contribution in [1.29, 1.82) is 0 Å². The fraction of sp³-hybridized carbons (Fsp3) is 0.533. The maximum Gasteiger partial charge on any atom is 0.409 e. The number of rotatable bonds is 26. The third-order valence-corrected chi connectivity index (χ3v) is 9.53. The van der Waals surface area contributed by atoms with E-state index >= 15 is 0 Å². The largest absolute Gasteiger partial charge is 0.450 e. The van der Waals surface area contributed by atoms with Gasteiger partial charge in [-0.05, 0) is 114 Å². The molecule has 0 fully saturated rings. The van der Waals surface area contributed by atoms with Crippen molar-refractivity contribution >= 4 is 18.3 Å². The maximum absolute atomic E-state index is 13.3. The van der Waals surface area contributed by atoms with Gasteiger partial charge in [-0.1, -0.05) is 91.0 Å². The molecule has 54 heavy (non-hydrogen) atoms. The number of unbranched alkanes of at least 4 members (excludes halogenated alkanes) is 3. The van der Waals surface area contributed by atoms with Gasteiger partial charge in [0, 0.05) is 39.3 Å². The van der Waals surface area contributed by atoms with Gasteiger partial charge in [0.05, 0.1) is 19.8 Å². The van der Waals surface area contributed by atoms with Crippen LogP contribution >= 0.6 is 0 Å². The van der Waals surface area contributed by atoms with Crippen molar-refractivity contribution < 1.29 is 28.6 Å². The highest BCUT2D eigenvalue weighted by Gasteiger charge is 2.25. The average molecular weight is 744 g/mol. The van der Waals surface area contributed by atoms with Crippen molar-refractivity contribution in [3.05, 3.63) is 108 Å². The van der Waals surface area contributed by atoms with Crippen LogP contribution < -0.4 is 0 Å². The Hall–Kier alpha value is -4.53. The van der Waals surface area contributed by atoms with E-state index in [0.717, 1.165) is 57.8 Å². The predicted molar refractivity (Wildman–Crippen MR) is 217 cm³/mol. The number of amides is 3. The first kappa shape index (κ1) is 43.9. The number of carbonyl (C=O) groups excluding carboxylic acids is 3. The summed E-state index contributed by atoms with van der Waals surface area (Å²) in [5.41, 5.74) is 3.85. The fourth-order valence-electron chi connectivity index (χ4n) is 6.72. The van der Waals surface area contributed by atoms with Gasteiger partial charge in [-0.3, -0.25) is 0 Å². The zero-order chi connectivity index (χ0) is 38.6. The minimum atomic E-state index is -0.334. The topological polar surface area (TPSA) is 88.6 Å². The van der Waals surface area contributed by atoms with Crippen LogP contribution in [0.1, 0.15) is 88.8 Å². The Morgan fingerprint density at radius 1 is 0.444 bits per heavy atom. The molecule has 3 aromatic carbocycles. The molecule has 0 saturated carbocycles. The van der Waals surface area contributed by atoms with E-state index in [2.05, 4.69) is 72.8 Å². The molecule has 3 aromatic rings. The van der Waals surface area contributed by atoms with Crippen molar-refractivity contribution in [1.82, 2.24) is 14.7 Å². The lowest BCUT2D eigenvalue weighted by Gasteiger charge is -2.32. The van der Waals surface area contributed by atoms with Crippen molar-refractivity contribution in [3.8, 4) is 0 Å². The summed E-state index contributed by atoms with van der Waals surface area (Å²) in [5.74, 6) is -0.0517. The molecule has 9 heteroatoms. The van der Waals surface area contributed by atoms with Crippen molar-refractivity contribution in [2.24, 2.45) is 5.92 Å². The Kier molecular flexibility index (Phi) is 22.0. The van der Waals surface area contributed by atoms with E-state index in [1.165, 1.54) is 16.7 Å². The first-order chi connectivity index (χ1) is 26.4. The maximum atomic E-state index is 13.3. The van der Waals surface area contributed by atoms with Gasteiger partial charge in [0.1, 0.15) is 0 Å². The minimum Gasteiger partial charge on any atom is -0.450 e. The van der Waals surface area contributed by atoms with E-state index in [1.54, 1.807) is 0 Å². The van der Waals surface area contributed by atoms with Gasteiger partial charge in [0.15, 0.2) is 0 Å². The molecule has 0 N–H and O–H groups in total. The lowest BCUT2D eigenvalue weighted by molar-refractivity contribution is 0.0817. The van der Waals surface area contributed by atoms with Gasteiger partial charge in [-0.25, -0.2) is 14.4 Å². The van der Waals surface area contributed by atoms with Gasteiger partial charge in [-0.15, -0.1) is 0 Å². The molecular weight excluding hydrogens is 679 g/mol. The SMILES string of the molecule is CCOC(=O)N(CCCCc1ccccc1)CCCC(CN(CCCCc1ccccc1)C(=O)OCC)CN(CCCCc1ccccc1)C(=O)OCC. The van der Waals surface area contributed by atoms with Gasteiger partial charge >= 0.3 is 18.3 Å². The van der Waals surface area contributed by atoms with Crippen molar-refractivity contribution in [2.45, 2.75) is 91.4 Å². The molecule has 0 unspecified atom stereocenters. The standard InChI is InChI=1S/C45H65N3O6/c1-4-52-43(49)46(33-19-16-29-39-23-10-7-11-24-39)36-22-32-42(37-47(44(50)53-5-2)34-20-17-30-40-25-12-8-13-26-40)38-48(45(51)54-6-3)35-21-18-31-41-27-14-9-15-28-41/h7-15,23-28,42H,4-6,16-22,29-38H2,1-3H3. The second kappa shape index (κ2) is 27.1. The highest BCUT2D eigenvalue weighted by molar-refractivity contribution is 5.68. The summed E-state index contributed by atoms with van der Waals surface area (Å²) >= 11 is 0. The van der Waals surface area contributed by atoms with Crippen LogP contribution in [0, 0.1) is 5.92 Å². The molecular formula is C45H65N3O6. The molecule has 0 aliphatic rings. The molecule has 3 amide bonds. The number of carbonyl (C=O) groups is 3. The van der Waals surface area contributed by atoms with Crippen molar-refractivity contribution in [2.75, 3.05) is 59.1 Å². The van der Waals surface area contributed by atoms with E-state index < -0.39 is 0 Å².